The zero-order chi connectivity index (χ0) is 14.8. The molecule has 0 saturated heterocycles. The molecule has 108 valence electrons. The zero-order valence-corrected chi connectivity index (χ0v) is 13.3. The smallest absolute Gasteiger partial charge is 0.151 e. The maximum absolute atomic E-state index is 13.9. The minimum Gasteiger partial charge on any atom is -0.315 e. The fourth-order valence-electron chi connectivity index (χ4n) is 1.78. The first kappa shape index (κ1) is 16.5. The molecule has 1 aromatic carbocycles. The van der Waals surface area contributed by atoms with E-state index in [0.29, 0.717) is 0 Å². The van der Waals surface area contributed by atoms with Gasteiger partial charge in [0.2, 0.25) is 0 Å². The average Bonchev–Trinajstić information content (AvgIpc) is 2.33. The third-order valence-electron chi connectivity index (χ3n) is 3.18. The number of likely N-dealkylation sites (N-methyl/N-ethyl adjacent to an activating group) is 1. The Labute approximate surface area is 120 Å². The van der Waals surface area contributed by atoms with Crippen molar-refractivity contribution < 1.29 is 17.2 Å². The Bertz CT molecular complexity index is 563. The van der Waals surface area contributed by atoms with E-state index in [1.54, 1.807) is 7.05 Å². The number of hydrogen-bond acceptors (Lipinski definition) is 3. The lowest BCUT2D eigenvalue weighted by atomic mass is 10.0. The van der Waals surface area contributed by atoms with Gasteiger partial charge < -0.3 is 5.32 Å². The van der Waals surface area contributed by atoms with Gasteiger partial charge in [-0.25, -0.2) is 17.2 Å². The molecule has 2 atom stereocenters. The predicted molar refractivity (Wildman–Crippen MR) is 74.9 cm³/mol. The lowest BCUT2D eigenvalue weighted by Crippen LogP contribution is -2.42. The molecule has 0 bridgehead atoms. The second-order valence-corrected chi connectivity index (χ2v) is 7.71. The Morgan fingerprint density at radius 1 is 1.37 bits per heavy atom. The second-order valence-electron chi connectivity index (χ2n) is 4.46. The van der Waals surface area contributed by atoms with Gasteiger partial charge in [-0.15, -0.1) is 0 Å². The van der Waals surface area contributed by atoms with Crippen molar-refractivity contribution in [3.8, 4) is 0 Å². The third-order valence-corrected chi connectivity index (χ3v) is 5.47. The van der Waals surface area contributed by atoms with Gasteiger partial charge in [-0.2, -0.15) is 0 Å². The van der Waals surface area contributed by atoms with Gasteiger partial charge >= 0.3 is 0 Å². The minimum absolute atomic E-state index is 0.0398. The first-order valence-corrected chi connectivity index (χ1v) is 8.41. The third kappa shape index (κ3) is 3.97. The molecule has 0 aliphatic heterocycles. The maximum atomic E-state index is 13.9. The van der Waals surface area contributed by atoms with Crippen LogP contribution in [-0.2, 0) is 16.3 Å². The lowest BCUT2D eigenvalue weighted by molar-refractivity contribution is 0.484. The molecule has 0 aliphatic rings. The first-order chi connectivity index (χ1) is 8.68. The predicted octanol–water partition coefficient (Wildman–Crippen LogP) is 2.29. The van der Waals surface area contributed by atoms with E-state index in [-0.39, 0.29) is 16.5 Å². The molecule has 1 rings (SSSR count). The van der Waals surface area contributed by atoms with E-state index in [1.165, 1.54) is 13.0 Å². The van der Waals surface area contributed by atoms with Crippen LogP contribution < -0.4 is 5.32 Å². The number of benzene rings is 1. The largest absolute Gasteiger partial charge is 0.315 e. The monoisotopic (exact) mass is 355 g/mol. The number of rotatable bonds is 5. The summed E-state index contributed by atoms with van der Waals surface area (Å²) < 4.78 is 50.7. The van der Waals surface area contributed by atoms with E-state index >= 15 is 0 Å². The highest BCUT2D eigenvalue weighted by atomic mass is 79.9. The van der Waals surface area contributed by atoms with Crippen LogP contribution in [0.25, 0.3) is 0 Å². The molecule has 1 aromatic rings. The standard InChI is InChI=1S/C12H16BrF2NO2S/c1-7(19(3,17)18)11(16-2)6-8-10(14)5-4-9(13)12(8)15/h4-5,7,11,16H,6H2,1-3H3. The molecule has 0 radical (unpaired) electrons. The molecule has 0 aromatic heterocycles. The Balaban J connectivity index is 3.10. The van der Waals surface area contributed by atoms with Crippen molar-refractivity contribution in [3.63, 3.8) is 0 Å². The van der Waals surface area contributed by atoms with Gasteiger partial charge in [0, 0.05) is 17.9 Å². The summed E-state index contributed by atoms with van der Waals surface area (Å²) in [6.45, 7) is 1.52. The molecule has 0 spiro atoms. The van der Waals surface area contributed by atoms with Crippen molar-refractivity contribution in [2.45, 2.75) is 24.6 Å². The second kappa shape index (κ2) is 6.28. The van der Waals surface area contributed by atoms with Crippen molar-refractivity contribution in [1.29, 1.82) is 0 Å². The quantitative estimate of drug-likeness (QED) is 0.824. The molecule has 3 nitrogen and oxygen atoms in total. The number of hydrogen-bond donors (Lipinski definition) is 1. The molecular weight excluding hydrogens is 340 g/mol. The molecule has 19 heavy (non-hydrogen) atoms. The highest BCUT2D eigenvalue weighted by Gasteiger charge is 2.27. The molecule has 0 aliphatic carbocycles. The summed E-state index contributed by atoms with van der Waals surface area (Å²) in [5.41, 5.74) is -0.121. The van der Waals surface area contributed by atoms with Crippen LogP contribution in [-0.4, -0.2) is 33.0 Å². The SMILES string of the molecule is CNC(Cc1c(F)ccc(Br)c1F)C(C)S(C)(=O)=O. The number of nitrogens with one attached hydrogen (secondary N) is 1. The topological polar surface area (TPSA) is 46.2 Å². The van der Waals surface area contributed by atoms with Crippen LogP contribution in [0.4, 0.5) is 8.78 Å². The molecule has 0 amide bonds. The molecule has 1 N–H and O–H groups in total. The summed E-state index contributed by atoms with van der Waals surface area (Å²) in [5, 5.41) is 2.06. The van der Waals surface area contributed by atoms with Crippen LogP contribution >= 0.6 is 15.9 Å². The van der Waals surface area contributed by atoms with E-state index in [0.717, 1.165) is 12.3 Å². The zero-order valence-electron chi connectivity index (χ0n) is 10.9. The van der Waals surface area contributed by atoms with Crippen LogP contribution in [0.15, 0.2) is 16.6 Å². The van der Waals surface area contributed by atoms with Gasteiger partial charge in [-0.1, -0.05) is 0 Å². The molecule has 2 unspecified atom stereocenters. The Hall–Kier alpha value is -0.530. The fourth-order valence-corrected chi connectivity index (χ4v) is 2.98. The highest BCUT2D eigenvalue weighted by Crippen LogP contribution is 2.24. The van der Waals surface area contributed by atoms with Crippen LogP contribution in [0, 0.1) is 11.6 Å². The summed E-state index contributed by atoms with van der Waals surface area (Å²) in [6, 6.07) is 1.87. The molecule has 0 fully saturated rings. The van der Waals surface area contributed by atoms with E-state index < -0.39 is 32.8 Å². The Morgan fingerprint density at radius 3 is 2.42 bits per heavy atom. The summed E-state index contributed by atoms with van der Waals surface area (Å²) in [6.07, 6.45) is 1.07. The summed E-state index contributed by atoms with van der Waals surface area (Å²) >= 11 is 2.99. The molecular formula is C12H16BrF2NO2S. The van der Waals surface area contributed by atoms with Gasteiger partial charge in [-0.3, -0.25) is 0 Å². The first-order valence-electron chi connectivity index (χ1n) is 5.67. The van der Waals surface area contributed by atoms with Crippen molar-refractivity contribution in [1.82, 2.24) is 5.32 Å². The minimum atomic E-state index is -3.29. The molecule has 0 heterocycles. The van der Waals surface area contributed by atoms with Gasteiger partial charge in [0.25, 0.3) is 0 Å². The summed E-state index contributed by atoms with van der Waals surface area (Å²) in [4.78, 5) is 0. The van der Waals surface area contributed by atoms with Gasteiger partial charge in [0.05, 0.1) is 9.72 Å². The number of sulfone groups is 1. The van der Waals surface area contributed by atoms with Crippen molar-refractivity contribution in [2.75, 3.05) is 13.3 Å². The fraction of sp³-hybridized carbons (Fsp3) is 0.500. The lowest BCUT2D eigenvalue weighted by Gasteiger charge is -2.22. The van der Waals surface area contributed by atoms with Crippen LogP contribution in [0.3, 0.4) is 0 Å². The Kier molecular flexibility index (Phi) is 5.46. The van der Waals surface area contributed by atoms with Crippen molar-refractivity contribution in [3.05, 3.63) is 33.8 Å². The van der Waals surface area contributed by atoms with Crippen LogP contribution in [0.1, 0.15) is 12.5 Å². The average molecular weight is 356 g/mol. The van der Waals surface area contributed by atoms with Gasteiger partial charge in [0.1, 0.15) is 11.6 Å². The van der Waals surface area contributed by atoms with Gasteiger partial charge in [-0.05, 0) is 48.5 Å². The number of halogens is 3. The molecule has 0 saturated carbocycles. The highest BCUT2D eigenvalue weighted by molar-refractivity contribution is 9.10. The van der Waals surface area contributed by atoms with Gasteiger partial charge in [0.15, 0.2) is 9.84 Å². The van der Waals surface area contributed by atoms with E-state index in [2.05, 4.69) is 21.2 Å². The van der Waals surface area contributed by atoms with E-state index in [4.69, 9.17) is 0 Å². The molecule has 7 heteroatoms. The summed E-state index contributed by atoms with van der Waals surface area (Å²) in [7, 11) is -1.72. The Morgan fingerprint density at radius 2 is 1.95 bits per heavy atom. The normalized spacial score (nSPS) is 15.3. The van der Waals surface area contributed by atoms with E-state index in [1.807, 2.05) is 0 Å². The van der Waals surface area contributed by atoms with Crippen molar-refractivity contribution in [2.24, 2.45) is 0 Å². The van der Waals surface area contributed by atoms with E-state index in [9.17, 15) is 17.2 Å². The van der Waals surface area contributed by atoms with Crippen LogP contribution in [0.5, 0.6) is 0 Å². The summed E-state index contributed by atoms with van der Waals surface area (Å²) in [5.74, 6) is -1.37. The van der Waals surface area contributed by atoms with Crippen molar-refractivity contribution >= 4 is 25.8 Å². The maximum Gasteiger partial charge on any atom is 0.151 e. The van der Waals surface area contributed by atoms with Crippen LogP contribution in [0.2, 0.25) is 0 Å².